The molecular weight excluding hydrogens is 239 g/mol. The second-order valence-electron chi connectivity index (χ2n) is 5.40. The molecule has 100 valence electrons. The van der Waals surface area contributed by atoms with Gasteiger partial charge in [-0.15, -0.1) is 0 Å². The number of halogens is 1. The van der Waals surface area contributed by atoms with Gasteiger partial charge in [-0.05, 0) is 68.5 Å². The minimum absolute atomic E-state index is 0.175. The lowest BCUT2D eigenvalue weighted by Gasteiger charge is -2.29. The van der Waals surface area contributed by atoms with Crippen molar-refractivity contribution in [2.24, 2.45) is 0 Å². The Hall–Kier alpha value is -1.48. The summed E-state index contributed by atoms with van der Waals surface area (Å²) in [6.45, 7) is 0. The van der Waals surface area contributed by atoms with Crippen LogP contribution < -0.4 is 5.32 Å². The van der Waals surface area contributed by atoms with E-state index >= 15 is 0 Å². The zero-order chi connectivity index (χ0) is 13.2. The number of hydrogen-bond donors (Lipinski definition) is 1. The Labute approximate surface area is 113 Å². The Bertz CT molecular complexity index is 574. The van der Waals surface area contributed by atoms with Crippen LogP contribution >= 0.6 is 0 Å². The van der Waals surface area contributed by atoms with Crippen molar-refractivity contribution < 1.29 is 4.39 Å². The van der Waals surface area contributed by atoms with E-state index in [9.17, 15) is 4.39 Å². The van der Waals surface area contributed by atoms with Gasteiger partial charge in [0.2, 0.25) is 0 Å². The largest absolute Gasteiger partial charge is 0.317 e. The molecule has 2 aromatic rings. The Morgan fingerprint density at radius 3 is 2.68 bits per heavy atom. The molecule has 0 saturated heterocycles. The molecule has 0 atom stereocenters. The van der Waals surface area contributed by atoms with E-state index < -0.39 is 0 Å². The van der Waals surface area contributed by atoms with Crippen LogP contribution in [0.1, 0.15) is 37.2 Å². The predicted molar refractivity (Wildman–Crippen MR) is 75.8 cm³/mol. The van der Waals surface area contributed by atoms with Crippen LogP contribution in [0.15, 0.2) is 30.5 Å². The summed E-state index contributed by atoms with van der Waals surface area (Å²) in [5, 5.41) is 4.33. The van der Waals surface area contributed by atoms with Gasteiger partial charge in [0.05, 0.1) is 5.52 Å². The molecule has 0 bridgehead atoms. The fourth-order valence-corrected chi connectivity index (χ4v) is 3.19. The third-order valence-corrected chi connectivity index (χ3v) is 4.31. The van der Waals surface area contributed by atoms with Crippen molar-refractivity contribution in [3.8, 4) is 0 Å². The van der Waals surface area contributed by atoms with Crippen LogP contribution in [0.5, 0.6) is 0 Å². The molecule has 1 aromatic heterocycles. The van der Waals surface area contributed by atoms with E-state index in [1.54, 1.807) is 12.1 Å². The van der Waals surface area contributed by atoms with Crippen LogP contribution in [0.4, 0.5) is 4.39 Å². The molecule has 1 aliphatic rings. The standard InChI is InChI=1S/C16H19FN2/c1-18-13-5-2-11(3-6-13)14-8-9-19-16-7-4-12(17)10-15(14)16/h4,7-11,13,18H,2-3,5-6H2,1H3/t11-,13+. The van der Waals surface area contributed by atoms with Crippen molar-refractivity contribution >= 4 is 10.9 Å². The van der Waals surface area contributed by atoms with Crippen molar-refractivity contribution in [1.82, 2.24) is 10.3 Å². The molecule has 1 N–H and O–H groups in total. The van der Waals surface area contributed by atoms with E-state index in [0.717, 1.165) is 10.9 Å². The lowest BCUT2D eigenvalue weighted by atomic mass is 9.81. The maximum absolute atomic E-state index is 13.5. The van der Waals surface area contributed by atoms with E-state index in [0.29, 0.717) is 12.0 Å². The Morgan fingerprint density at radius 1 is 1.16 bits per heavy atom. The number of fused-ring (bicyclic) bond motifs is 1. The highest BCUT2D eigenvalue weighted by molar-refractivity contribution is 5.82. The zero-order valence-electron chi connectivity index (χ0n) is 11.2. The second-order valence-corrected chi connectivity index (χ2v) is 5.40. The molecule has 3 rings (SSSR count). The Kier molecular flexibility index (Phi) is 3.47. The summed E-state index contributed by atoms with van der Waals surface area (Å²) in [6, 6.07) is 7.58. The summed E-state index contributed by atoms with van der Waals surface area (Å²) in [6.07, 6.45) is 6.57. The van der Waals surface area contributed by atoms with Crippen molar-refractivity contribution in [3.63, 3.8) is 0 Å². The summed E-state index contributed by atoms with van der Waals surface area (Å²) >= 11 is 0. The van der Waals surface area contributed by atoms with Gasteiger partial charge < -0.3 is 5.32 Å². The van der Waals surface area contributed by atoms with E-state index in [2.05, 4.69) is 16.4 Å². The normalized spacial score (nSPS) is 23.7. The fourth-order valence-electron chi connectivity index (χ4n) is 3.19. The summed E-state index contributed by atoms with van der Waals surface area (Å²) in [5.41, 5.74) is 2.16. The number of nitrogens with one attached hydrogen (secondary N) is 1. The van der Waals surface area contributed by atoms with Crippen LogP contribution in [-0.2, 0) is 0 Å². The molecule has 1 aliphatic carbocycles. The molecule has 0 spiro atoms. The van der Waals surface area contributed by atoms with Gasteiger partial charge >= 0.3 is 0 Å². The number of benzene rings is 1. The first-order valence-corrected chi connectivity index (χ1v) is 6.99. The second kappa shape index (κ2) is 5.25. The van der Waals surface area contributed by atoms with Gasteiger partial charge in [0.15, 0.2) is 0 Å². The minimum atomic E-state index is -0.175. The Morgan fingerprint density at radius 2 is 1.95 bits per heavy atom. The van der Waals surface area contributed by atoms with Crippen molar-refractivity contribution in [3.05, 3.63) is 41.8 Å². The first-order chi connectivity index (χ1) is 9.28. The molecule has 0 amide bonds. The van der Waals surface area contributed by atoms with Gasteiger partial charge in [-0.3, -0.25) is 4.98 Å². The highest BCUT2D eigenvalue weighted by Crippen LogP contribution is 2.36. The molecule has 2 nitrogen and oxygen atoms in total. The highest BCUT2D eigenvalue weighted by atomic mass is 19.1. The summed E-state index contributed by atoms with van der Waals surface area (Å²) < 4.78 is 13.5. The van der Waals surface area contributed by atoms with Gasteiger partial charge in [0, 0.05) is 17.6 Å². The fraction of sp³-hybridized carbons (Fsp3) is 0.438. The molecule has 1 saturated carbocycles. The smallest absolute Gasteiger partial charge is 0.123 e. The third-order valence-electron chi connectivity index (χ3n) is 4.31. The van der Waals surface area contributed by atoms with E-state index in [-0.39, 0.29) is 5.82 Å². The van der Waals surface area contributed by atoms with Gasteiger partial charge in [0.25, 0.3) is 0 Å². The molecule has 0 radical (unpaired) electrons. The molecule has 0 aliphatic heterocycles. The average Bonchev–Trinajstić information content (AvgIpc) is 2.47. The lowest BCUT2D eigenvalue weighted by Crippen LogP contribution is -2.29. The number of hydrogen-bond acceptors (Lipinski definition) is 2. The molecule has 19 heavy (non-hydrogen) atoms. The van der Waals surface area contributed by atoms with Crippen LogP contribution in [0.25, 0.3) is 10.9 Å². The molecule has 3 heteroatoms. The first-order valence-electron chi connectivity index (χ1n) is 6.99. The third kappa shape index (κ3) is 2.47. The zero-order valence-corrected chi connectivity index (χ0v) is 11.2. The SMILES string of the molecule is CN[C@H]1CC[C@@H](c2ccnc3ccc(F)cc32)CC1. The maximum atomic E-state index is 13.5. The van der Waals surface area contributed by atoms with Crippen molar-refractivity contribution in [2.45, 2.75) is 37.6 Å². The topological polar surface area (TPSA) is 24.9 Å². The van der Waals surface area contributed by atoms with E-state index in [1.807, 2.05) is 13.2 Å². The quantitative estimate of drug-likeness (QED) is 0.890. The monoisotopic (exact) mass is 258 g/mol. The maximum Gasteiger partial charge on any atom is 0.123 e. The van der Waals surface area contributed by atoms with Crippen LogP contribution in [0, 0.1) is 5.82 Å². The summed E-state index contributed by atoms with van der Waals surface area (Å²) in [7, 11) is 2.03. The first kappa shape index (κ1) is 12.5. The van der Waals surface area contributed by atoms with Gasteiger partial charge in [0.1, 0.15) is 5.82 Å². The Balaban J connectivity index is 1.94. The average molecular weight is 258 g/mol. The minimum Gasteiger partial charge on any atom is -0.317 e. The van der Waals surface area contributed by atoms with E-state index in [1.165, 1.54) is 37.3 Å². The molecule has 1 heterocycles. The highest BCUT2D eigenvalue weighted by Gasteiger charge is 2.22. The van der Waals surface area contributed by atoms with Gasteiger partial charge in [-0.2, -0.15) is 0 Å². The predicted octanol–water partition coefficient (Wildman–Crippen LogP) is 3.62. The van der Waals surface area contributed by atoms with Gasteiger partial charge in [-0.1, -0.05) is 0 Å². The number of rotatable bonds is 2. The van der Waals surface area contributed by atoms with E-state index in [4.69, 9.17) is 0 Å². The lowest BCUT2D eigenvalue weighted by molar-refractivity contribution is 0.360. The van der Waals surface area contributed by atoms with Crippen LogP contribution in [0.2, 0.25) is 0 Å². The molecule has 1 aromatic carbocycles. The number of nitrogens with zero attached hydrogens (tertiary/aromatic N) is 1. The van der Waals surface area contributed by atoms with Crippen molar-refractivity contribution in [1.29, 1.82) is 0 Å². The van der Waals surface area contributed by atoms with Crippen LogP contribution in [0.3, 0.4) is 0 Å². The summed E-state index contributed by atoms with van der Waals surface area (Å²) in [5.74, 6) is 0.363. The number of aromatic nitrogens is 1. The van der Waals surface area contributed by atoms with Crippen LogP contribution in [-0.4, -0.2) is 18.1 Å². The number of pyridine rings is 1. The van der Waals surface area contributed by atoms with Crippen molar-refractivity contribution in [2.75, 3.05) is 7.05 Å². The molecule has 1 fully saturated rings. The molecule has 0 unspecified atom stereocenters. The molecular formula is C16H19FN2. The van der Waals surface area contributed by atoms with Gasteiger partial charge in [-0.25, -0.2) is 4.39 Å². The summed E-state index contributed by atoms with van der Waals surface area (Å²) in [4.78, 5) is 4.33.